The standard InChI is InChI=1S/C20H23N5O2/c1-13(2)17(20-23-18(24-27-20)14-8-10-21-11-9-14)22-19(26)15-6-5-7-16(12-15)25(3)4/h5-13,17H,1-4H3,(H,22,26). The molecule has 0 saturated carbocycles. The molecule has 1 atom stereocenters. The van der Waals surface area contributed by atoms with Crippen molar-refractivity contribution in [1.29, 1.82) is 0 Å². The van der Waals surface area contributed by atoms with Crippen LogP contribution in [0.5, 0.6) is 0 Å². The molecule has 0 fully saturated rings. The van der Waals surface area contributed by atoms with Gasteiger partial charge in [-0.25, -0.2) is 0 Å². The Morgan fingerprint density at radius 2 is 1.89 bits per heavy atom. The largest absolute Gasteiger partial charge is 0.378 e. The number of hydrogen-bond acceptors (Lipinski definition) is 6. The maximum atomic E-state index is 12.8. The van der Waals surface area contributed by atoms with Crippen LogP contribution in [0.4, 0.5) is 5.69 Å². The third-order valence-corrected chi connectivity index (χ3v) is 4.22. The van der Waals surface area contributed by atoms with Crippen LogP contribution in [0.2, 0.25) is 0 Å². The maximum absolute atomic E-state index is 12.8. The molecule has 0 aliphatic heterocycles. The Labute approximate surface area is 158 Å². The van der Waals surface area contributed by atoms with Crippen LogP contribution in [-0.4, -0.2) is 35.1 Å². The van der Waals surface area contributed by atoms with Gasteiger partial charge in [0.25, 0.3) is 5.91 Å². The Morgan fingerprint density at radius 3 is 2.56 bits per heavy atom. The molecule has 0 radical (unpaired) electrons. The minimum Gasteiger partial charge on any atom is -0.378 e. The summed E-state index contributed by atoms with van der Waals surface area (Å²) in [5.41, 5.74) is 2.36. The monoisotopic (exact) mass is 365 g/mol. The molecular formula is C20H23N5O2. The third-order valence-electron chi connectivity index (χ3n) is 4.22. The zero-order valence-corrected chi connectivity index (χ0v) is 15.9. The highest BCUT2D eigenvalue weighted by atomic mass is 16.5. The van der Waals surface area contributed by atoms with Gasteiger partial charge in [0.1, 0.15) is 6.04 Å². The molecule has 1 aromatic carbocycles. The molecule has 2 aromatic heterocycles. The van der Waals surface area contributed by atoms with Gasteiger partial charge in [0.05, 0.1) is 0 Å². The van der Waals surface area contributed by atoms with Gasteiger partial charge in [0, 0.05) is 43.3 Å². The lowest BCUT2D eigenvalue weighted by atomic mass is 10.0. The predicted molar refractivity (Wildman–Crippen MR) is 103 cm³/mol. The summed E-state index contributed by atoms with van der Waals surface area (Å²) in [6, 6.07) is 10.7. The van der Waals surface area contributed by atoms with Crippen LogP contribution in [-0.2, 0) is 0 Å². The summed E-state index contributed by atoms with van der Waals surface area (Å²) in [6.45, 7) is 4.00. The number of amides is 1. The Hall–Kier alpha value is -3.22. The van der Waals surface area contributed by atoms with Crippen molar-refractivity contribution in [3.8, 4) is 11.4 Å². The topological polar surface area (TPSA) is 84.2 Å². The van der Waals surface area contributed by atoms with E-state index in [-0.39, 0.29) is 17.9 Å². The van der Waals surface area contributed by atoms with Crippen molar-refractivity contribution in [2.24, 2.45) is 5.92 Å². The number of carbonyl (C=O) groups excluding carboxylic acids is 1. The number of anilines is 1. The molecule has 3 aromatic rings. The van der Waals surface area contributed by atoms with E-state index in [0.29, 0.717) is 17.3 Å². The van der Waals surface area contributed by atoms with Crippen LogP contribution in [0.1, 0.15) is 36.1 Å². The zero-order chi connectivity index (χ0) is 19.4. The smallest absolute Gasteiger partial charge is 0.252 e. The predicted octanol–water partition coefficient (Wildman–Crippen LogP) is 3.32. The summed E-state index contributed by atoms with van der Waals surface area (Å²) in [5.74, 6) is 0.758. The maximum Gasteiger partial charge on any atom is 0.252 e. The SMILES string of the molecule is CC(C)C(NC(=O)c1cccc(N(C)C)c1)c1nc(-c2ccncc2)no1. The number of carbonyl (C=O) groups is 1. The van der Waals surface area contributed by atoms with Crippen molar-refractivity contribution in [3.05, 3.63) is 60.2 Å². The van der Waals surface area contributed by atoms with Gasteiger partial charge in [-0.2, -0.15) is 4.98 Å². The average Bonchev–Trinajstić information content (AvgIpc) is 3.16. The van der Waals surface area contributed by atoms with E-state index < -0.39 is 0 Å². The van der Waals surface area contributed by atoms with Gasteiger partial charge >= 0.3 is 0 Å². The lowest BCUT2D eigenvalue weighted by Crippen LogP contribution is -2.32. The first kappa shape index (κ1) is 18.6. The number of aromatic nitrogens is 3. The minimum atomic E-state index is -0.386. The van der Waals surface area contributed by atoms with Crippen LogP contribution in [0.25, 0.3) is 11.4 Å². The van der Waals surface area contributed by atoms with Gasteiger partial charge in [-0.1, -0.05) is 25.1 Å². The molecule has 1 unspecified atom stereocenters. The van der Waals surface area contributed by atoms with E-state index in [4.69, 9.17) is 4.52 Å². The highest BCUT2D eigenvalue weighted by Crippen LogP contribution is 2.24. The summed E-state index contributed by atoms with van der Waals surface area (Å²) >= 11 is 0. The van der Waals surface area contributed by atoms with Crippen LogP contribution in [0.15, 0.2) is 53.3 Å². The second-order valence-electron chi connectivity index (χ2n) is 6.83. The molecule has 1 amide bonds. The molecule has 0 saturated heterocycles. The fourth-order valence-corrected chi connectivity index (χ4v) is 2.64. The Kier molecular flexibility index (Phi) is 5.49. The molecule has 0 bridgehead atoms. The summed E-state index contributed by atoms with van der Waals surface area (Å²) < 4.78 is 5.44. The highest BCUT2D eigenvalue weighted by molar-refractivity contribution is 5.95. The van der Waals surface area contributed by atoms with Crippen molar-refractivity contribution in [1.82, 2.24) is 20.4 Å². The Bertz CT molecular complexity index is 906. The highest BCUT2D eigenvalue weighted by Gasteiger charge is 2.25. The van der Waals surface area contributed by atoms with Gasteiger partial charge < -0.3 is 14.7 Å². The van der Waals surface area contributed by atoms with Crippen LogP contribution in [0.3, 0.4) is 0 Å². The molecule has 2 heterocycles. The molecule has 7 heteroatoms. The van der Waals surface area contributed by atoms with E-state index in [1.165, 1.54) is 0 Å². The third kappa shape index (κ3) is 4.31. The van der Waals surface area contributed by atoms with Crippen LogP contribution >= 0.6 is 0 Å². The fourth-order valence-electron chi connectivity index (χ4n) is 2.64. The van der Waals surface area contributed by atoms with Gasteiger partial charge in [-0.05, 0) is 36.2 Å². The van der Waals surface area contributed by atoms with Crippen molar-refractivity contribution in [2.75, 3.05) is 19.0 Å². The Morgan fingerprint density at radius 1 is 1.15 bits per heavy atom. The Balaban J connectivity index is 1.81. The van der Waals surface area contributed by atoms with Gasteiger partial charge in [-0.15, -0.1) is 0 Å². The van der Waals surface area contributed by atoms with E-state index in [2.05, 4.69) is 20.4 Å². The molecular weight excluding hydrogens is 342 g/mol. The van der Waals surface area contributed by atoms with E-state index in [0.717, 1.165) is 11.3 Å². The van der Waals surface area contributed by atoms with Crippen molar-refractivity contribution < 1.29 is 9.32 Å². The van der Waals surface area contributed by atoms with Crippen molar-refractivity contribution in [2.45, 2.75) is 19.9 Å². The van der Waals surface area contributed by atoms with Gasteiger partial charge in [-0.3, -0.25) is 9.78 Å². The lowest BCUT2D eigenvalue weighted by Gasteiger charge is -2.19. The first-order valence-electron chi connectivity index (χ1n) is 8.78. The zero-order valence-electron chi connectivity index (χ0n) is 15.9. The van der Waals surface area contributed by atoms with E-state index in [1.807, 2.05) is 63.2 Å². The summed E-state index contributed by atoms with van der Waals surface area (Å²) in [5, 5.41) is 7.05. The average molecular weight is 365 g/mol. The summed E-state index contributed by atoms with van der Waals surface area (Å²) in [4.78, 5) is 23.2. The minimum absolute atomic E-state index is 0.0803. The van der Waals surface area contributed by atoms with E-state index >= 15 is 0 Å². The van der Waals surface area contributed by atoms with E-state index in [1.54, 1.807) is 18.5 Å². The molecule has 7 nitrogen and oxygen atoms in total. The number of hydrogen-bond donors (Lipinski definition) is 1. The quantitative estimate of drug-likeness (QED) is 0.721. The second kappa shape index (κ2) is 7.99. The number of benzene rings is 1. The molecule has 140 valence electrons. The summed E-state index contributed by atoms with van der Waals surface area (Å²) in [7, 11) is 3.88. The lowest BCUT2D eigenvalue weighted by molar-refractivity contribution is 0.0914. The number of pyridine rings is 1. The fraction of sp³-hybridized carbons (Fsp3) is 0.300. The van der Waals surface area contributed by atoms with E-state index in [9.17, 15) is 4.79 Å². The first-order chi connectivity index (χ1) is 13.0. The van der Waals surface area contributed by atoms with Crippen molar-refractivity contribution >= 4 is 11.6 Å². The van der Waals surface area contributed by atoms with Gasteiger partial charge in [0.15, 0.2) is 0 Å². The molecule has 0 aliphatic carbocycles. The van der Waals surface area contributed by atoms with Crippen LogP contribution < -0.4 is 10.2 Å². The number of nitrogens with zero attached hydrogens (tertiary/aromatic N) is 4. The summed E-state index contributed by atoms with van der Waals surface area (Å²) in [6.07, 6.45) is 3.34. The van der Waals surface area contributed by atoms with Crippen LogP contribution in [0, 0.1) is 5.92 Å². The van der Waals surface area contributed by atoms with Crippen molar-refractivity contribution in [3.63, 3.8) is 0 Å². The number of rotatable bonds is 6. The number of nitrogens with one attached hydrogen (secondary N) is 1. The molecule has 0 aliphatic rings. The molecule has 3 rings (SSSR count). The molecule has 27 heavy (non-hydrogen) atoms. The second-order valence-corrected chi connectivity index (χ2v) is 6.83. The molecule has 1 N–H and O–H groups in total. The molecule has 0 spiro atoms. The van der Waals surface area contributed by atoms with Gasteiger partial charge in [0.2, 0.25) is 11.7 Å². The first-order valence-corrected chi connectivity index (χ1v) is 8.78. The normalized spacial score (nSPS) is 12.0.